The maximum Gasteiger partial charge on any atom is 0.225 e. The first-order valence-electron chi connectivity index (χ1n) is 19.4. The van der Waals surface area contributed by atoms with Crippen LogP contribution in [0.1, 0.15) is 59.6 Å². The summed E-state index contributed by atoms with van der Waals surface area (Å²) in [7, 11) is 1.70. The second kappa shape index (κ2) is 17.9. The third kappa shape index (κ3) is 8.73. The van der Waals surface area contributed by atoms with Gasteiger partial charge in [-0.25, -0.2) is 4.98 Å². The number of hydrogen-bond acceptors (Lipinski definition) is 9. The third-order valence-electron chi connectivity index (χ3n) is 10.6. The van der Waals surface area contributed by atoms with Gasteiger partial charge >= 0.3 is 0 Å². The van der Waals surface area contributed by atoms with Gasteiger partial charge in [0, 0.05) is 17.8 Å². The summed E-state index contributed by atoms with van der Waals surface area (Å²) >= 11 is 6.78. The highest BCUT2D eigenvalue weighted by atomic mass is 35.5. The molecule has 1 aliphatic carbocycles. The first-order valence-corrected chi connectivity index (χ1v) is 19.8. The fourth-order valence-electron chi connectivity index (χ4n) is 7.86. The molecule has 1 saturated carbocycles. The van der Waals surface area contributed by atoms with Gasteiger partial charge in [-0.2, -0.15) is 4.98 Å². The number of nitrogens with zero attached hydrogens (tertiary/aromatic N) is 4. The Balaban J connectivity index is 1.16. The molecule has 6 aromatic rings. The van der Waals surface area contributed by atoms with Crippen LogP contribution < -0.4 is 9.64 Å². The normalized spacial score (nSPS) is 19.8. The predicted octanol–water partition coefficient (Wildman–Crippen LogP) is 9.90. The van der Waals surface area contributed by atoms with Crippen LogP contribution in [0.5, 0.6) is 5.75 Å². The average Bonchev–Trinajstić information content (AvgIpc) is 3.89. The molecule has 0 bridgehead atoms. The summed E-state index contributed by atoms with van der Waals surface area (Å²) in [6, 6.07) is 38.8. The van der Waals surface area contributed by atoms with Crippen LogP contribution in [0, 0.1) is 6.92 Å². The zero-order valence-corrected chi connectivity index (χ0v) is 32.6. The van der Waals surface area contributed by atoms with Crippen molar-refractivity contribution in [3.05, 3.63) is 155 Å². The number of benzene rings is 4. The summed E-state index contributed by atoms with van der Waals surface area (Å²) < 4.78 is 32.6. The lowest BCUT2D eigenvalue weighted by Gasteiger charge is -2.32. The maximum absolute atomic E-state index is 6.92. The van der Waals surface area contributed by atoms with Crippen molar-refractivity contribution < 1.29 is 23.7 Å². The van der Waals surface area contributed by atoms with Crippen molar-refractivity contribution in [2.45, 2.75) is 82.9 Å². The van der Waals surface area contributed by atoms with Crippen LogP contribution in [-0.4, -0.2) is 53.0 Å². The van der Waals surface area contributed by atoms with Crippen LogP contribution in [0.2, 0.25) is 5.28 Å². The largest absolute Gasteiger partial charge is 0.495 e. The average molecular weight is 771 g/mol. The predicted molar refractivity (Wildman–Crippen MR) is 218 cm³/mol. The lowest BCUT2D eigenvalue weighted by atomic mass is 10.0. The van der Waals surface area contributed by atoms with E-state index >= 15 is 0 Å². The van der Waals surface area contributed by atoms with Crippen LogP contribution >= 0.6 is 11.6 Å². The SMILES string of the molecule is COc1ccc(C)cc1N(c1nc(Cl)nc2cc(C3O[C@H](COCc4ccccc4)[C@@H](OCc4ccccc4)[C@H]3OCc3ccccc3)cnc12)C1CCCC1. The monoisotopic (exact) mass is 770 g/mol. The Hall–Kier alpha value is -4.90. The van der Waals surface area contributed by atoms with Crippen LogP contribution in [0.4, 0.5) is 11.5 Å². The molecule has 0 N–H and O–H groups in total. The zero-order chi connectivity index (χ0) is 38.3. The van der Waals surface area contributed by atoms with Crippen molar-refractivity contribution in [3.63, 3.8) is 0 Å². The fourth-order valence-corrected chi connectivity index (χ4v) is 8.03. The van der Waals surface area contributed by atoms with Crippen LogP contribution in [0.25, 0.3) is 11.0 Å². The first-order chi connectivity index (χ1) is 27.5. The van der Waals surface area contributed by atoms with E-state index in [9.17, 15) is 0 Å². The molecule has 0 spiro atoms. The minimum absolute atomic E-state index is 0.140. The van der Waals surface area contributed by atoms with Crippen LogP contribution in [0.3, 0.4) is 0 Å². The molecular formula is C46H47ClN4O5. The number of aromatic nitrogens is 3. The lowest BCUT2D eigenvalue weighted by molar-refractivity contribution is -0.0898. The Morgan fingerprint density at radius 2 is 1.38 bits per heavy atom. The van der Waals surface area contributed by atoms with Crippen LogP contribution in [-0.2, 0) is 38.8 Å². The molecule has 10 heteroatoms. The maximum atomic E-state index is 6.92. The fraction of sp³-hybridized carbons (Fsp3) is 0.326. The number of rotatable bonds is 15. The van der Waals surface area contributed by atoms with E-state index in [0.29, 0.717) is 43.3 Å². The molecule has 4 aromatic carbocycles. The summed E-state index contributed by atoms with van der Waals surface area (Å²) in [4.78, 5) is 16.9. The molecule has 1 unspecified atom stereocenters. The van der Waals surface area contributed by atoms with Gasteiger partial charge in [0.25, 0.3) is 0 Å². The van der Waals surface area contributed by atoms with Crippen molar-refractivity contribution in [2.75, 3.05) is 18.6 Å². The van der Waals surface area contributed by atoms with E-state index in [1.165, 1.54) is 0 Å². The molecule has 8 rings (SSSR count). The van der Waals surface area contributed by atoms with E-state index in [1.807, 2.05) is 72.9 Å². The van der Waals surface area contributed by atoms with E-state index in [0.717, 1.165) is 64.9 Å². The van der Waals surface area contributed by atoms with Crippen molar-refractivity contribution in [2.24, 2.45) is 0 Å². The number of hydrogen-bond donors (Lipinski definition) is 0. The molecule has 288 valence electrons. The molecule has 56 heavy (non-hydrogen) atoms. The second-order valence-electron chi connectivity index (χ2n) is 14.6. The van der Waals surface area contributed by atoms with Gasteiger partial charge in [0.2, 0.25) is 5.28 Å². The van der Waals surface area contributed by atoms with E-state index in [1.54, 1.807) is 7.11 Å². The Morgan fingerprint density at radius 3 is 2.02 bits per heavy atom. The summed E-state index contributed by atoms with van der Waals surface area (Å²) in [5, 5.41) is 0.140. The molecule has 2 fully saturated rings. The molecule has 3 heterocycles. The Labute approximate surface area is 333 Å². The highest BCUT2D eigenvalue weighted by Crippen LogP contribution is 2.43. The van der Waals surface area contributed by atoms with E-state index in [4.69, 9.17) is 50.2 Å². The van der Waals surface area contributed by atoms with Gasteiger partial charge < -0.3 is 28.6 Å². The number of halogens is 1. The third-order valence-corrected chi connectivity index (χ3v) is 10.8. The molecule has 1 aliphatic heterocycles. The van der Waals surface area contributed by atoms with Crippen molar-refractivity contribution >= 4 is 34.1 Å². The molecule has 4 atom stereocenters. The van der Waals surface area contributed by atoms with Gasteiger partial charge in [0.05, 0.1) is 44.7 Å². The molecule has 2 aromatic heterocycles. The summed E-state index contributed by atoms with van der Waals surface area (Å²) in [6.45, 7) is 3.61. The van der Waals surface area contributed by atoms with Crippen molar-refractivity contribution in [3.8, 4) is 5.75 Å². The molecule has 0 amide bonds. The molecule has 0 radical (unpaired) electrons. The van der Waals surface area contributed by atoms with Crippen molar-refractivity contribution in [1.29, 1.82) is 0 Å². The van der Waals surface area contributed by atoms with Gasteiger partial charge in [-0.3, -0.25) is 4.98 Å². The minimum Gasteiger partial charge on any atom is -0.495 e. The standard InChI is InChI=1S/C46H47ClN4O5/c1-31-22-23-39(52-2)38(24-31)51(36-20-12-13-21-36)45-41-37(49-46(47)50-45)25-35(26-48-41)42-44(55-29-34-18-10-5-11-19-34)43(54-28-33-16-8-4-9-17-33)40(56-42)30-53-27-32-14-6-3-7-15-32/h3-11,14-19,22-26,36,40,42-44H,12-13,20-21,27-30H2,1-2H3/t40-,42?,43-,44+/m1/s1. The van der Waals surface area contributed by atoms with E-state index in [2.05, 4.69) is 60.4 Å². The van der Waals surface area contributed by atoms with E-state index < -0.39 is 24.4 Å². The summed E-state index contributed by atoms with van der Waals surface area (Å²) in [5.41, 5.74) is 7.32. The summed E-state index contributed by atoms with van der Waals surface area (Å²) in [5.74, 6) is 1.42. The smallest absolute Gasteiger partial charge is 0.225 e. The molecule has 9 nitrogen and oxygen atoms in total. The summed E-state index contributed by atoms with van der Waals surface area (Å²) in [6.07, 6.45) is 4.25. The molecule has 2 aliphatic rings. The van der Waals surface area contributed by atoms with Gasteiger partial charge in [0.15, 0.2) is 5.82 Å². The topological polar surface area (TPSA) is 88.1 Å². The Morgan fingerprint density at radius 1 is 0.750 bits per heavy atom. The van der Waals surface area contributed by atoms with Crippen molar-refractivity contribution in [1.82, 2.24) is 15.0 Å². The van der Waals surface area contributed by atoms with Gasteiger partial charge in [-0.15, -0.1) is 0 Å². The Bertz CT molecular complexity index is 2190. The van der Waals surface area contributed by atoms with Gasteiger partial charge in [0.1, 0.15) is 35.7 Å². The quantitative estimate of drug-likeness (QED) is 0.0948. The zero-order valence-electron chi connectivity index (χ0n) is 31.8. The number of aryl methyl sites for hydroxylation is 1. The number of fused-ring (bicyclic) bond motifs is 1. The van der Waals surface area contributed by atoms with Gasteiger partial charge in [-0.1, -0.05) is 110 Å². The highest BCUT2D eigenvalue weighted by molar-refractivity contribution is 6.28. The number of anilines is 2. The molecular weight excluding hydrogens is 724 g/mol. The highest BCUT2D eigenvalue weighted by Gasteiger charge is 2.47. The first kappa shape index (κ1) is 38.0. The number of methoxy groups -OCH3 is 1. The van der Waals surface area contributed by atoms with E-state index in [-0.39, 0.29) is 11.3 Å². The van der Waals surface area contributed by atoms with Crippen LogP contribution in [0.15, 0.2) is 121 Å². The number of pyridine rings is 1. The minimum atomic E-state index is -0.540. The van der Waals surface area contributed by atoms with Gasteiger partial charge in [-0.05, 0) is 71.8 Å². The lowest BCUT2D eigenvalue weighted by Crippen LogP contribution is -2.37. The Kier molecular flexibility index (Phi) is 12.2. The number of ether oxygens (including phenoxy) is 5. The molecule has 1 saturated heterocycles. The second-order valence-corrected chi connectivity index (χ2v) is 14.9.